The highest BCUT2D eigenvalue weighted by Gasteiger charge is 2.24. The predicted octanol–water partition coefficient (Wildman–Crippen LogP) is 4.91. The topological polar surface area (TPSA) is 38.3 Å². The van der Waals surface area contributed by atoms with Crippen LogP contribution in [0, 0.1) is 20.8 Å². The summed E-state index contributed by atoms with van der Waals surface area (Å²) in [6, 6.07) is 7.65. The summed E-state index contributed by atoms with van der Waals surface area (Å²) in [5.74, 6) is 2.73. The second-order valence-corrected chi connectivity index (χ2v) is 5.74. The zero-order valence-electron chi connectivity index (χ0n) is 12.6. The molecule has 0 amide bonds. The Kier molecular flexibility index (Phi) is 3.56. The van der Waals surface area contributed by atoms with E-state index in [1.54, 1.807) is 0 Å². The summed E-state index contributed by atoms with van der Waals surface area (Å²) in [6.07, 6.45) is 0. The maximum Gasteiger partial charge on any atom is 0.134 e. The average molecular weight is 304 g/mol. The fraction of sp³-hybridized carbons (Fsp3) is 0.294. The second kappa shape index (κ2) is 5.24. The third-order valence-electron chi connectivity index (χ3n) is 3.98. The zero-order valence-corrected chi connectivity index (χ0v) is 13.3. The van der Waals surface area contributed by atoms with Crippen LogP contribution in [0.3, 0.4) is 0 Å². The molecule has 1 N–H and O–H groups in total. The number of nitrogens with one attached hydrogen (secondary N) is 1. The third-order valence-corrected chi connectivity index (χ3v) is 4.21. The number of hydrogen-bond donors (Lipinski definition) is 1. The van der Waals surface area contributed by atoms with Crippen LogP contribution in [0.5, 0.6) is 0 Å². The largest absolute Gasteiger partial charge is 0.466 e. The highest BCUT2D eigenvalue weighted by Crippen LogP contribution is 2.34. The molecule has 1 atom stereocenters. The van der Waals surface area contributed by atoms with Crippen LogP contribution >= 0.6 is 11.6 Å². The fourth-order valence-corrected chi connectivity index (χ4v) is 3.02. The normalized spacial score (nSPS) is 13.0. The van der Waals surface area contributed by atoms with E-state index in [4.69, 9.17) is 20.4 Å². The molecule has 0 saturated heterocycles. The Labute approximate surface area is 128 Å². The van der Waals surface area contributed by atoms with Crippen LogP contribution in [-0.4, -0.2) is 7.05 Å². The molecule has 4 heteroatoms. The molecule has 3 nitrogen and oxygen atoms in total. The lowest BCUT2D eigenvalue weighted by molar-refractivity contribution is 0.471. The molecule has 3 aromatic rings. The first-order chi connectivity index (χ1) is 10.0. The molecule has 0 aliphatic carbocycles. The fourth-order valence-electron chi connectivity index (χ4n) is 2.84. The summed E-state index contributed by atoms with van der Waals surface area (Å²) in [6.45, 7) is 6.04. The van der Waals surface area contributed by atoms with Crippen molar-refractivity contribution >= 4 is 22.6 Å². The van der Waals surface area contributed by atoms with Crippen molar-refractivity contribution in [1.82, 2.24) is 5.32 Å². The van der Waals surface area contributed by atoms with Gasteiger partial charge in [0.05, 0.1) is 6.04 Å². The standard InChI is InChI=1S/C17H18ClNO2/c1-9-10(2)20-11(3)16(9)17(19-4)15-8-12-7-13(18)5-6-14(12)21-15/h5-8,17,19H,1-4H3. The molecular weight excluding hydrogens is 286 g/mol. The number of halogens is 1. The molecule has 3 rings (SSSR count). The van der Waals surface area contributed by atoms with Crippen molar-refractivity contribution in [3.63, 3.8) is 0 Å². The van der Waals surface area contributed by atoms with Crippen molar-refractivity contribution in [3.05, 3.63) is 57.7 Å². The Balaban J connectivity index is 2.13. The van der Waals surface area contributed by atoms with Crippen LogP contribution in [0.15, 0.2) is 33.1 Å². The third kappa shape index (κ3) is 2.37. The predicted molar refractivity (Wildman–Crippen MR) is 85.0 cm³/mol. The van der Waals surface area contributed by atoms with Gasteiger partial charge in [-0.1, -0.05) is 11.6 Å². The van der Waals surface area contributed by atoms with Crippen LogP contribution in [0.25, 0.3) is 11.0 Å². The van der Waals surface area contributed by atoms with Gasteiger partial charge in [-0.25, -0.2) is 0 Å². The number of furan rings is 2. The minimum absolute atomic E-state index is 0.0337. The van der Waals surface area contributed by atoms with E-state index < -0.39 is 0 Å². The highest BCUT2D eigenvalue weighted by molar-refractivity contribution is 6.31. The lowest BCUT2D eigenvalue weighted by Crippen LogP contribution is -2.18. The summed E-state index contributed by atoms with van der Waals surface area (Å²) in [5, 5.41) is 5.04. The summed E-state index contributed by atoms with van der Waals surface area (Å²) in [4.78, 5) is 0. The minimum atomic E-state index is -0.0337. The van der Waals surface area contributed by atoms with Gasteiger partial charge in [0.2, 0.25) is 0 Å². The van der Waals surface area contributed by atoms with E-state index in [2.05, 4.69) is 12.2 Å². The first-order valence-corrected chi connectivity index (χ1v) is 7.31. The minimum Gasteiger partial charge on any atom is -0.466 e. The molecule has 0 saturated carbocycles. The van der Waals surface area contributed by atoms with Gasteiger partial charge in [0.25, 0.3) is 0 Å². The van der Waals surface area contributed by atoms with Crippen LogP contribution in [0.1, 0.15) is 34.4 Å². The van der Waals surface area contributed by atoms with E-state index in [0.29, 0.717) is 5.02 Å². The lowest BCUT2D eigenvalue weighted by atomic mass is 10.00. The van der Waals surface area contributed by atoms with Gasteiger partial charge in [0, 0.05) is 16.0 Å². The van der Waals surface area contributed by atoms with Crippen LogP contribution in [0.2, 0.25) is 5.02 Å². The molecule has 0 aliphatic heterocycles. The van der Waals surface area contributed by atoms with Crippen molar-refractivity contribution in [3.8, 4) is 0 Å². The van der Waals surface area contributed by atoms with E-state index in [-0.39, 0.29) is 6.04 Å². The molecule has 0 fully saturated rings. The van der Waals surface area contributed by atoms with Crippen LogP contribution in [0.4, 0.5) is 0 Å². The molecule has 2 aromatic heterocycles. The van der Waals surface area contributed by atoms with Crippen LogP contribution in [-0.2, 0) is 0 Å². The zero-order chi connectivity index (χ0) is 15.1. The van der Waals surface area contributed by atoms with Gasteiger partial charge in [-0.05, 0) is 57.6 Å². The molecule has 0 radical (unpaired) electrons. The summed E-state index contributed by atoms with van der Waals surface area (Å²) in [7, 11) is 1.92. The molecule has 2 heterocycles. The first-order valence-electron chi connectivity index (χ1n) is 6.94. The van der Waals surface area contributed by atoms with E-state index in [0.717, 1.165) is 39.4 Å². The number of aryl methyl sites for hydroxylation is 2. The smallest absolute Gasteiger partial charge is 0.134 e. The Morgan fingerprint density at radius 3 is 2.43 bits per heavy atom. The molecule has 21 heavy (non-hydrogen) atoms. The van der Waals surface area contributed by atoms with Gasteiger partial charge in [-0.2, -0.15) is 0 Å². The quantitative estimate of drug-likeness (QED) is 0.747. The number of hydrogen-bond acceptors (Lipinski definition) is 3. The van der Waals surface area contributed by atoms with Crippen molar-refractivity contribution in [2.24, 2.45) is 0 Å². The Hall–Kier alpha value is -1.71. The average Bonchev–Trinajstić information content (AvgIpc) is 2.95. The summed E-state index contributed by atoms with van der Waals surface area (Å²) >= 11 is 6.04. The molecule has 110 valence electrons. The SMILES string of the molecule is CNC(c1cc2cc(Cl)ccc2o1)c1c(C)oc(C)c1C. The molecule has 0 aliphatic rings. The van der Waals surface area contributed by atoms with Crippen LogP contribution < -0.4 is 5.32 Å². The number of benzene rings is 1. The van der Waals surface area contributed by atoms with Gasteiger partial charge in [0.1, 0.15) is 22.9 Å². The number of fused-ring (bicyclic) bond motifs is 1. The number of rotatable bonds is 3. The lowest BCUT2D eigenvalue weighted by Gasteiger charge is -2.14. The van der Waals surface area contributed by atoms with Crippen molar-refractivity contribution < 1.29 is 8.83 Å². The van der Waals surface area contributed by atoms with Gasteiger partial charge >= 0.3 is 0 Å². The van der Waals surface area contributed by atoms with Gasteiger partial charge in [0.15, 0.2) is 0 Å². The molecule has 1 aromatic carbocycles. The Morgan fingerprint density at radius 2 is 1.81 bits per heavy atom. The van der Waals surface area contributed by atoms with Gasteiger partial charge in [-0.3, -0.25) is 0 Å². The van der Waals surface area contributed by atoms with Crippen molar-refractivity contribution in [1.29, 1.82) is 0 Å². The Bertz CT molecular complexity index is 801. The second-order valence-electron chi connectivity index (χ2n) is 5.31. The monoisotopic (exact) mass is 303 g/mol. The van der Waals surface area contributed by atoms with E-state index in [9.17, 15) is 0 Å². The summed E-state index contributed by atoms with van der Waals surface area (Å²) < 4.78 is 11.7. The van der Waals surface area contributed by atoms with E-state index >= 15 is 0 Å². The first kappa shape index (κ1) is 14.2. The van der Waals surface area contributed by atoms with E-state index in [1.165, 1.54) is 0 Å². The van der Waals surface area contributed by atoms with Gasteiger partial charge < -0.3 is 14.2 Å². The molecule has 1 unspecified atom stereocenters. The summed E-state index contributed by atoms with van der Waals surface area (Å²) in [5.41, 5.74) is 3.13. The Morgan fingerprint density at radius 1 is 1.05 bits per heavy atom. The van der Waals surface area contributed by atoms with Gasteiger partial charge in [-0.15, -0.1) is 0 Å². The molecular formula is C17H18ClNO2. The van der Waals surface area contributed by atoms with E-state index in [1.807, 2.05) is 45.2 Å². The maximum atomic E-state index is 6.04. The maximum absolute atomic E-state index is 6.04. The molecule has 0 spiro atoms. The van der Waals surface area contributed by atoms with Crippen molar-refractivity contribution in [2.75, 3.05) is 7.05 Å². The molecule has 0 bridgehead atoms. The highest BCUT2D eigenvalue weighted by atomic mass is 35.5. The van der Waals surface area contributed by atoms with Crippen molar-refractivity contribution in [2.45, 2.75) is 26.8 Å².